The number of likely N-dealkylation sites (tertiary alicyclic amines) is 2. The maximum atomic E-state index is 13.8. The zero-order valence-corrected chi connectivity index (χ0v) is 18.0. The number of rotatable bonds is 6. The van der Waals surface area contributed by atoms with Crippen molar-refractivity contribution in [1.82, 2.24) is 15.1 Å². The van der Waals surface area contributed by atoms with E-state index in [4.69, 9.17) is 5.73 Å². The number of nitrogens with two attached hydrogens (primary N) is 1. The van der Waals surface area contributed by atoms with Gasteiger partial charge in [-0.2, -0.15) is 0 Å². The molecular weight excluding hydrogens is 403 g/mol. The van der Waals surface area contributed by atoms with Gasteiger partial charge in [0.1, 0.15) is 23.4 Å². The van der Waals surface area contributed by atoms with Crippen LogP contribution in [0, 0.1) is 5.82 Å². The third kappa shape index (κ3) is 4.43. The molecule has 2 aliphatic heterocycles. The molecule has 0 aromatic heterocycles. The molecule has 3 rings (SSSR count). The molecule has 4 N–H and O–H groups in total. The summed E-state index contributed by atoms with van der Waals surface area (Å²) in [5, 5.41) is 12.4. The molecule has 170 valence electrons. The normalized spacial score (nSPS) is 25.4. The van der Waals surface area contributed by atoms with Gasteiger partial charge in [0.25, 0.3) is 0 Å². The number of carbonyl (C=O) groups excluding carboxylic acids is 3. The second-order valence-electron chi connectivity index (χ2n) is 8.47. The summed E-state index contributed by atoms with van der Waals surface area (Å²) >= 11 is 0. The molecule has 1 aromatic carbocycles. The monoisotopic (exact) mass is 434 g/mol. The minimum absolute atomic E-state index is 0.185. The third-order valence-electron chi connectivity index (χ3n) is 6.42. The average Bonchev–Trinajstić information content (AvgIpc) is 3.39. The lowest BCUT2D eigenvalue weighted by Gasteiger charge is -2.40. The van der Waals surface area contributed by atoms with E-state index in [0.29, 0.717) is 44.3 Å². The molecule has 9 heteroatoms. The number of amides is 3. The molecule has 1 aromatic rings. The van der Waals surface area contributed by atoms with Crippen LogP contribution in [0.4, 0.5) is 4.39 Å². The van der Waals surface area contributed by atoms with Gasteiger partial charge >= 0.3 is 0 Å². The van der Waals surface area contributed by atoms with E-state index in [2.05, 4.69) is 5.32 Å². The second kappa shape index (κ2) is 9.32. The van der Waals surface area contributed by atoms with E-state index in [1.54, 1.807) is 17.0 Å². The van der Waals surface area contributed by atoms with Crippen LogP contribution in [-0.4, -0.2) is 76.5 Å². The summed E-state index contributed by atoms with van der Waals surface area (Å²) < 4.78 is 13.8. The highest BCUT2D eigenvalue weighted by molar-refractivity contribution is 5.96. The number of nitrogens with zero attached hydrogens (tertiary/aromatic N) is 2. The third-order valence-corrected chi connectivity index (χ3v) is 6.42. The molecule has 4 atom stereocenters. The SMILES string of the molecule is CNC(=O)[C@@]1(Cc2cccc(F)c2)CCCN1C(=O)[C@@H]1CCCN1C(=O)[C@@H](N)[C@@H](C)O. The fourth-order valence-corrected chi connectivity index (χ4v) is 4.78. The van der Waals surface area contributed by atoms with Crippen molar-refractivity contribution in [1.29, 1.82) is 0 Å². The molecule has 2 aliphatic rings. The maximum Gasteiger partial charge on any atom is 0.246 e. The van der Waals surface area contributed by atoms with Gasteiger partial charge in [-0.25, -0.2) is 4.39 Å². The van der Waals surface area contributed by atoms with Gasteiger partial charge in [0, 0.05) is 26.6 Å². The van der Waals surface area contributed by atoms with Gasteiger partial charge in [0.15, 0.2) is 0 Å². The average molecular weight is 435 g/mol. The van der Waals surface area contributed by atoms with Crippen LogP contribution in [0.3, 0.4) is 0 Å². The molecule has 31 heavy (non-hydrogen) atoms. The lowest BCUT2D eigenvalue weighted by molar-refractivity contribution is -0.152. The van der Waals surface area contributed by atoms with Gasteiger partial charge in [-0.15, -0.1) is 0 Å². The summed E-state index contributed by atoms with van der Waals surface area (Å²) in [6, 6.07) is 4.19. The Bertz CT molecular complexity index is 849. The van der Waals surface area contributed by atoms with Gasteiger partial charge < -0.3 is 26.0 Å². The van der Waals surface area contributed by atoms with Gasteiger partial charge in [0.05, 0.1) is 6.10 Å². The number of carbonyl (C=O) groups is 3. The summed E-state index contributed by atoms with van der Waals surface area (Å²) in [5.74, 6) is -1.49. The quantitative estimate of drug-likeness (QED) is 0.591. The first kappa shape index (κ1) is 23.1. The van der Waals surface area contributed by atoms with Crippen molar-refractivity contribution in [3.05, 3.63) is 35.6 Å². The largest absolute Gasteiger partial charge is 0.391 e. The standard InChI is InChI=1S/C22H31FN4O4/c1-14(28)18(24)20(30)26-10-4-8-17(26)19(29)27-11-5-9-22(27,21(31)25-2)13-15-6-3-7-16(23)12-15/h3,6-7,12,14,17-18,28H,4-5,8-11,13,24H2,1-2H3,(H,25,31)/t14-,17+,18+,22+/m1/s1. The van der Waals surface area contributed by atoms with E-state index in [0.717, 1.165) is 0 Å². The van der Waals surface area contributed by atoms with Crippen molar-refractivity contribution in [2.75, 3.05) is 20.1 Å². The van der Waals surface area contributed by atoms with Crippen molar-refractivity contribution >= 4 is 17.7 Å². The first-order valence-electron chi connectivity index (χ1n) is 10.7. The number of hydrogen-bond donors (Lipinski definition) is 3. The van der Waals surface area contributed by atoms with Crippen molar-refractivity contribution in [3.8, 4) is 0 Å². The van der Waals surface area contributed by atoms with Gasteiger partial charge in [-0.1, -0.05) is 12.1 Å². The van der Waals surface area contributed by atoms with Crippen molar-refractivity contribution in [2.45, 2.75) is 62.8 Å². The Hall–Kier alpha value is -2.52. The number of aliphatic hydroxyl groups excluding tert-OH is 1. The maximum absolute atomic E-state index is 13.8. The van der Waals surface area contributed by atoms with E-state index >= 15 is 0 Å². The Morgan fingerprint density at radius 1 is 1.32 bits per heavy atom. The van der Waals surface area contributed by atoms with Gasteiger partial charge in [-0.05, 0) is 50.3 Å². The summed E-state index contributed by atoms with van der Waals surface area (Å²) in [7, 11) is 1.52. The highest BCUT2D eigenvalue weighted by atomic mass is 19.1. The number of aliphatic hydroxyl groups is 1. The van der Waals surface area contributed by atoms with Crippen LogP contribution in [-0.2, 0) is 20.8 Å². The number of benzene rings is 1. The highest BCUT2D eigenvalue weighted by Crippen LogP contribution is 2.36. The van der Waals surface area contributed by atoms with Crippen molar-refractivity contribution < 1.29 is 23.9 Å². The van der Waals surface area contributed by atoms with Crippen LogP contribution in [0.2, 0.25) is 0 Å². The van der Waals surface area contributed by atoms with Crippen LogP contribution in [0.1, 0.15) is 38.2 Å². The van der Waals surface area contributed by atoms with E-state index < -0.39 is 35.5 Å². The molecule has 8 nitrogen and oxygen atoms in total. The van der Waals surface area contributed by atoms with E-state index in [1.807, 2.05) is 0 Å². The van der Waals surface area contributed by atoms with E-state index in [1.165, 1.54) is 31.0 Å². The minimum Gasteiger partial charge on any atom is -0.391 e. The van der Waals surface area contributed by atoms with Crippen LogP contribution in [0.25, 0.3) is 0 Å². The lowest BCUT2D eigenvalue weighted by Crippen LogP contribution is -2.62. The topological polar surface area (TPSA) is 116 Å². The van der Waals surface area contributed by atoms with Crippen LogP contribution in [0.5, 0.6) is 0 Å². The number of halogens is 1. The predicted octanol–water partition coefficient (Wildman–Crippen LogP) is 0.175. The van der Waals surface area contributed by atoms with Crippen LogP contribution >= 0.6 is 0 Å². The minimum atomic E-state index is -1.15. The summed E-state index contributed by atoms with van der Waals surface area (Å²) in [5.41, 5.74) is 5.30. The molecule has 0 spiro atoms. The zero-order valence-electron chi connectivity index (χ0n) is 18.0. The van der Waals surface area contributed by atoms with Crippen LogP contribution in [0.15, 0.2) is 24.3 Å². The first-order valence-corrected chi connectivity index (χ1v) is 10.7. The van der Waals surface area contributed by atoms with E-state index in [9.17, 15) is 23.9 Å². The number of nitrogens with one attached hydrogen (secondary N) is 1. The summed E-state index contributed by atoms with van der Waals surface area (Å²) in [6.07, 6.45) is 1.33. The first-order chi connectivity index (χ1) is 14.7. The lowest BCUT2D eigenvalue weighted by atomic mass is 9.86. The highest BCUT2D eigenvalue weighted by Gasteiger charge is 2.52. The summed E-state index contributed by atoms with van der Waals surface area (Å²) in [4.78, 5) is 42.4. The Labute approximate surface area is 181 Å². The van der Waals surface area contributed by atoms with E-state index in [-0.39, 0.29) is 18.2 Å². The molecule has 0 saturated carbocycles. The van der Waals surface area contributed by atoms with Gasteiger partial charge in [-0.3, -0.25) is 14.4 Å². The molecular formula is C22H31FN4O4. The van der Waals surface area contributed by atoms with Gasteiger partial charge in [0.2, 0.25) is 17.7 Å². The molecule has 0 aliphatic carbocycles. The molecule has 3 amide bonds. The molecule has 2 heterocycles. The number of likely N-dealkylation sites (N-methyl/N-ethyl adjacent to an activating group) is 1. The molecule has 2 fully saturated rings. The Balaban J connectivity index is 1.90. The Morgan fingerprint density at radius 2 is 2.06 bits per heavy atom. The molecule has 2 saturated heterocycles. The second-order valence-corrected chi connectivity index (χ2v) is 8.47. The number of hydrogen-bond acceptors (Lipinski definition) is 5. The Kier molecular flexibility index (Phi) is 6.96. The smallest absolute Gasteiger partial charge is 0.246 e. The van der Waals surface area contributed by atoms with Crippen LogP contribution < -0.4 is 11.1 Å². The fourth-order valence-electron chi connectivity index (χ4n) is 4.78. The molecule has 0 bridgehead atoms. The Morgan fingerprint density at radius 3 is 2.71 bits per heavy atom. The van der Waals surface area contributed by atoms with Crippen molar-refractivity contribution in [2.24, 2.45) is 5.73 Å². The van der Waals surface area contributed by atoms with Crippen molar-refractivity contribution in [3.63, 3.8) is 0 Å². The zero-order chi connectivity index (χ0) is 22.8. The fraction of sp³-hybridized carbons (Fsp3) is 0.591. The predicted molar refractivity (Wildman–Crippen MR) is 112 cm³/mol. The summed E-state index contributed by atoms with van der Waals surface area (Å²) in [6.45, 7) is 2.19. The molecule has 0 radical (unpaired) electrons. The molecule has 0 unspecified atom stereocenters.